The first-order chi connectivity index (χ1) is 11.1. The summed E-state index contributed by atoms with van der Waals surface area (Å²) in [6.07, 6.45) is 2.33. The Bertz CT molecular complexity index is 723. The van der Waals surface area contributed by atoms with Gasteiger partial charge in [0, 0.05) is 24.3 Å². The number of carboxylic acid groups (broad SMARTS) is 1. The molecule has 23 heavy (non-hydrogen) atoms. The lowest BCUT2D eigenvalue weighted by atomic mass is 10.1. The van der Waals surface area contributed by atoms with E-state index in [4.69, 9.17) is 16.7 Å². The van der Waals surface area contributed by atoms with Crippen LogP contribution in [0.15, 0.2) is 30.5 Å². The zero-order valence-corrected chi connectivity index (χ0v) is 13.3. The molecular weight excluding hydrogens is 316 g/mol. The van der Waals surface area contributed by atoms with Crippen LogP contribution in [0.1, 0.15) is 16.8 Å². The van der Waals surface area contributed by atoms with Crippen LogP contribution in [0.3, 0.4) is 0 Å². The monoisotopic (exact) mass is 332 g/mol. The zero-order valence-electron chi connectivity index (χ0n) is 12.5. The van der Waals surface area contributed by atoms with Gasteiger partial charge in [-0.15, -0.1) is 0 Å². The number of halogens is 1. The Morgan fingerprint density at radius 3 is 3.09 bits per heavy atom. The molecule has 0 atom stereocenters. The number of amides is 1. The lowest BCUT2D eigenvalue weighted by molar-refractivity contribution is 0.139. The molecule has 0 bridgehead atoms. The van der Waals surface area contributed by atoms with E-state index in [1.807, 2.05) is 24.3 Å². The van der Waals surface area contributed by atoms with Crippen LogP contribution in [-0.4, -0.2) is 39.2 Å². The van der Waals surface area contributed by atoms with Crippen LogP contribution in [0.25, 0.3) is 0 Å². The van der Waals surface area contributed by atoms with Crippen molar-refractivity contribution in [3.63, 3.8) is 0 Å². The predicted octanol–water partition coefficient (Wildman–Crippen LogP) is 2.82. The highest BCUT2D eigenvalue weighted by atomic mass is 35.5. The third-order valence-electron chi connectivity index (χ3n) is 3.80. The van der Waals surface area contributed by atoms with E-state index < -0.39 is 6.09 Å². The standard InChI is InChI=1S/C16H17ClN4O2/c17-13-3-1-2-11(8-13)4-6-18-15-19-9-12-5-7-21(16(22)23)10-14(12)20-15/h1-3,8-9H,4-7,10H2,(H,22,23)(H,18,19,20). The molecule has 0 radical (unpaired) electrons. The molecule has 1 aromatic heterocycles. The highest BCUT2D eigenvalue weighted by Crippen LogP contribution is 2.18. The number of fused-ring (bicyclic) bond motifs is 1. The van der Waals surface area contributed by atoms with Gasteiger partial charge in [-0.05, 0) is 36.1 Å². The molecule has 6 nitrogen and oxygen atoms in total. The molecule has 2 heterocycles. The Morgan fingerprint density at radius 2 is 2.30 bits per heavy atom. The number of benzene rings is 1. The maximum Gasteiger partial charge on any atom is 0.407 e. The molecule has 1 aliphatic heterocycles. The van der Waals surface area contributed by atoms with Gasteiger partial charge < -0.3 is 15.3 Å². The van der Waals surface area contributed by atoms with Crippen LogP contribution < -0.4 is 5.32 Å². The van der Waals surface area contributed by atoms with Gasteiger partial charge >= 0.3 is 6.09 Å². The van der Waals surface area contributed by atoms with Gasteiger partial charge in [-0.25, -0.2) is 14.8 Å². The zero-order chi connectivity index (χ0) is 16.2. The minimum atomic E-state index is -0.912. The summed E-state index contributed by atoms with van der Waals surface area (Å²) in [7, 11) is 0. The highest BCUT2D eigenvalue weighted by molar-refractivity contribution is 6.30. The molecule has 0 unspecified atom stereocenters. The first kappa shape index (κ1) is 15.6. The third-order valence-corrected chi connectivity index (χ3v) is 4.04. The molecule has 2 aromatic rings. The number of rotatable bonds is 4. The average Bonchev–Trinajstić information content (AvgIpc) is 2.54. The molecule has 0 spiro atoms. The van der Waals surface area contributed by atoms with Crippen LogP contribution >= 0.6 is 11.6 Å². The number of anilines is 1. The molecule has 0 saturated carbocycles. The Morgan fingerprint density at radius 1 is 1.43 bits per heavy atom. The van der Waals surface area contributed by atoms with Crippen molar-refractivity contribution in [2.45, 2.75) is 19.4 Å². The topological polar surface area (TPSA) is 78.3 Å². The molecule has 0 aliphatic carbocycles. The third kappa shape index (κ3) is 3.90. The maximum atomic E-state index is 11.1. The fourth-order valence-corrected chi connectivity index (χ4v) is 2.78. The van der Waals surface area contributed by atoms with Crippen molar-refractivity contribution >= 4 is 23.6 Å². The molecule has 120 valence electrons. The van der Waals surface area contributed by atoms with Crippen LogP contribution in [0.2, 0.25) is 5.02 Å². The Hall–Kier alpha value is -2.34. The molecule has 0 saturated heterocycles. The van der Waals surface area contributed by atoms with E-state index in [1.165, 1.54) is 4.90 Å². The van der Waals surface area contributed by atoms with E-state index in [9.17, 15) is 4.79 Å². The number of carbonyl (C=O) groups is 1. The number of aromatic nitrogens is 2. The van der Waals surface area contributed by atoms with E-state index in [0.29, 0.717) is 32.0 Å². The van der Waals surface area contributed by atoms with Gasteiger partial charge in [-0.3, -0.25) is 0 Å². The Kier molecular flexibility index (Phi) is 4.62. The fourth-order valence-electron chi connectivity index (χ4n) is 2.56. The van der Waals surface area contributed by atoms with Gasteiger partial charge in [-0.2, -0.15) is 0 Å². The number of hydrogen-bond donors (Lipinski definition) is 2. The quantitative estimate of drug-likeness (QED) is 0.900. The van der Waals surface area contributed by atoms with Crippen molar-refractivity contribution in [2.24, 2.45) is 0 Å². The van der Waals surface area contributed by atoms with Crippen molar-refractivity contribution in [1.82, 2.24) is 14.9 Å². The number of nitrogens with one attached hydrogen (secondary N) is 1. The summed E-state index contributed by atoms with van der Waals surface area (Å²) in [5.41, 5.74) is 2.93. The van der Waals surface area contributed by atoms with E-state index in [2.05, 4.69) is 15.3 Å². The second-order valence-corrected chi connectivity index (χ2v) is 5.86. The lowest BCUT2D eigenvalue weighted by Crippen LogP contribution is -2.35. The SMILES string of the molecule is O=C(O)N1CCc2cnc(NCCc3cccc(Cl)c3)nc2C1. The summed E-state index contributed by atoms with van der Waals surface area (Å²) in [6, 6.07) is 7.72. The molecule has 1 amide bonds. The molecule has 1 aliphatic rings. The molecule has 1 aromatic carbocycles. The first-order valence-corrected chi connectivity index (χ1v) is 7.80. The molecular formula is C16H17ClN4O2. The molecule has 0 fully saturated rings. The Balaban J connectivity index is 1.61. The van der Waals surface area contributed by atoms with Crippen molar-refractivity contribution < 1.29 is 9.90 Å². The van der Waals surface area contributed by atoms with Gasteiger partial charge in [0.05, 0.1) is 12.2 Å². The van der Waals surface area contributed by atoms with Crippen LogP contribution in [0, 0.1) is 0 Å². The summed E-state index contributed by atoms with van der Waals surface area (Å²) in [5, 5.41) is 13.0. The van der Waals surface area contributed by atoms with Gasteiger partial charge in [0.2, 0.25) is 5.95 Å². The molecule has 7 heteroatoms. The fraction of sp³-hybridized carbons (Fsp3) is 0.312. The second kappa shape index (κ2) is 6.83. The van der Waals surface area contributed by atoms with Crippen molar-refractivity contribution in [2.75, 3.05) is 18.4 Å². The largest absolute Gasteiger partial charge is 0.465 e. The summed E-state index contributed by atoms with van der Waals surface area (Å²) in [5.74, 6) is 0.526. The predicted molar refractivity (Wildman–Crippen MR) is 87.8 cm³/mol. The summed E-state index contributed by atoms with van der Waals surface area (Å²) < 4.78 is 0. The first-order valence-electron chi connectivity index (χ1n) is 7.43. The Labute approximate surface area is 139 Å². The maximum absolute atomic E-state index is 11.1. The normalized spacial score (nSPS) is 13.5. The van der Waals surface area contributed by atoms with E-state index in [1.54, 1.807) is 6.20 Å². The van der Waals surface area contributed by atoms with Gasteiger partial charge in [-0.1, -0.05) is 23.7 Å². The van der Waals surface area contributed by atoms with Crippen molar-refractivity contribution in [1.29, 1.82) is 0 Å². The van der Waals surface area contributed by atoms with Crippen molar-refractivity contribution in [3.05, 3.63) is 52.3 Å². The summed E-state index contributed by atoms with van der Waals surface area (Å²) >= 11 is 5.96. The van der Waals surface area contributed by atoms with Gasteiger partial charge in [0.15, 0.2) is 0 Å². The smallest absolute Gasteiger partial charge is 0.407 e. The lowest BCUT2D eigenvalue weighted by Gasteiger charge is -2.25. The van der Waals surface area contributed by atoms with E-state index >= 15 is 0 Å². The molecule has 3 rings (SSSR count). The summed E-state index contributed by atoms with van der Waals surface area (Å²) in [4.78, 5) is 21.2. The van der Waals surface area contributed by atoms with Crippen molar-refractivity contribution in [3.8, 4) is 0 Å². The number of nitrogens with zero attached hydrogens (tertiary/aromatic N) is 3. The van der Waals surface area contributed by atoms with Crippen LogP contribution in [-0.2, 0) is 19.4 Å². The molecule has 2 N–H and O–H groups in total. The highest BCUT2D eigenvalue weighted by Gasteiger charge is 2.21. The minimum absolute atomic E-state index is 0.316. The minimum Gasteiger partial charge on any atom is -0.465 e. The van der Waals surface area contributed by atoms with Crippen LogP contribution in [0.5, 0.6) is 0 Å². The second-order valence-electron chi connectivity index (χ2n) is 5.43. The number of hydrogen-bond acceptors (Lipinski definition) is 4. The van der Waals surface area contributed by atoms with E-state index in [-0.39, 0.29) is 0 Å². The van der Waals surface area contributed by atoms with Crippen LogP contribution in [0.4, 0.5) is 10.7 Å². The van der Waals surface area contributed by atoms with E-state index in [0.717, 1.165) is 28.3 Å². The van der Waals surface area contributed by atoms with Gasteiger partial charge in [0.25, 0.3) is 0 Å². The summed E-state index contributed by atoms with van der Waals surface area (Å²) in [6.45, 7) is 1.49. The van der Waals surface area contributed by atoms with Gasteiger partial charge in [0.1, 0.15) is 0 Å². The average molecular weight is 333 g/mol.